The van der Waals surface area contributed by atoms with Gasteiger partial charge in [-0.05, 0) is 42.9 Å². The summed E-state index contributed by atoms with van der Waals surface area (Å²) in [6, 6.07) is 19.8. The summed E-state index contributed by atoms with van der Waals surface area (Å²) in [5.41, 5.74) is 2.50. The molecule has 0 bridgehead atoms. The Morgan fingerprint density at radius 1 is 1.11 bits per heavy atom. The number of carbonyl (C=O) groups is 2. The fourth-order valence-corrected chi connectivity index (χ4v) is 5.87. The Hall–Kier alpha value is -4.13. The number of carboxylic acid groups (broad SMARTS) is 1. The molecule has 2 unspecified atom stereocenters. The number of aliphatic carboxylic acids is 1. The molecule has 7 nitrogen and oxygen atoms in total. The van der Waals surface area contributed by atoms with Crippen LogP contribution in [0.15, 0.2) is 83.4 Å². The van der Waals surface area contributed by atoms with Crippen LogP contribution in [0.1, 0.15) is 53.5 Å². The topological polar surface area (TPSA) is 92.9 Å². The minimum Gasteiger partial charge on any atom is -0.481 e. The van der Waals surface area contributed by atoms with Crippen LogP contribution in [0.5, 0.6) is 0 Å². The van der Waals surface area contributed by atoms with E-state index in [0.29, 0.717) is 49.4 Å². The summed E-state index contributed by atoms with van der Waals surface area (Å²) < 4.78 is 11.8. The third kappa shape index (κ3) is 3.77. The van der Waals surface area contributed by atoms with Crippen molar-refractivity contribution in [3.05, 3.63) is 107 Å². The molecule has 1 aliphatic heterocycles. The molecule has 2 heterocycles. The zero-order valence-electron chi connectivity index (χ0n) is 20.6. The SMILES string of the molecule is Cc1noc(C2(C3(C(=O)O)CC3)C=CC(c3ccccc3)=CC2)c1C1CN(Cc2ccccc2)C(=O)O1. The highest BCUT2D eigenvalue weighted by molar-refractivity contribution is 5.84. The van der Waals surface area contributed by atoms with E-state index in [1.54, 1.807) is 4.90 Å². The Kier molecular flexibility index (Phi) is 5.51. The van der Waals surface area contributed by atoms with Crippen molar-refractivity contribution in [3.8, 4) is 0 Å². The standard InChI is InChI=1S/C30H28N2O5/c1-20-25(24-19-32(28(35)36-24)18-21-8-4-2-5-9-21)26(37-31-20)29(30(16-17-30)27(33)34)14-12-23(13-15-29)22-10-6-3-7-11-22/h2-14,24H,15-19H2,1H3,(H,33,34). The summed E-state index contributed by atoms with van der Waals surface area (Å²) >= 11 is 0. The van der Waals surface area contributed by atoms with Crippen LogP contribution >= 0.6 is 0 Å². The molecule has 6 rings (SSSR count). The maximum absolute atomic E-state index is 12.8. The number of ether oxygens (including phenoxy) is 1. The Balaban J connectivity index is 1.37. The quantitative estimate of drug-likeness (QED) is 0.443. The molecule has 2 atom stereocenters. The predicted molar refractivity (Wildman–Crippen MR) is 136 cm³/mol. The van der Waals surface area contributed by atoms with Crippen molar-refractivity contribution in [1.29, 1.82) is 0 Å². The Morgan fingerprint density at radius 2 is 1.81 bits per heavy atom. The van der Waals surface area contributed by atoms with Crippen LogP contribution in [-0.4, -0.2) is 33.8 Å². The maximum Gasteiger partial charge on any atom is 0.410 e. The fraction of sp³-hybridized carbons (Fsp3) is 0.300. The average Bonchev–Trinajstić information content (AvgIpc) is 3.56. The highest BCUT2D eigenvalue weighted by atomic mass is 16.6. The second kappa shape index (κ2) is 8.76. The number of carboxylic acids is 1. The number of allylic oxidation sites excluding steroid dienone is 4. The van der Waals surface area contributed by atoms with Crippen LogP contribution < -0.4 is 0 Å². The average molecular weight is 497 g/mol. The van der Waals surface area contributed by atoms with Crippen molar-refractivity contribution < 1.29 is 24.0 Å². The highest BCUT2D eigenvalue weighted by Crippen LogP contribution is 2.64. The molecular formula is C30H28N2O5. The number of aryl methyl sites for hydroxylation is 1. The minimum absolute atomic E-state index is 0.341. The van der Waals surface area contributed by atoms with E-state index in [9.17, 15) is 14.7 Å². The molecule has 2 aromatic carbocycles. The van der Waals surface area contributed by atoms with E-state index in [1.807, 2.05) is 79.7 Å². The third-order valence-electron chi connectivity index (χ3n) is 8.05. The molecule has 1 saturated carbocycles. The van der Waals surface area contributed by atoms with Crippen LogP contribution in [0.2, 0.25) is 0 Å². The summed E-state index contributed by atoms with van der Waals surface area (Å²) in [6.07, 6.45) is 6.62. The summed E-state index contributed by atoms with van der Waals surface area (Å²) in [4.78, 5) is 27.1. The van der Waals surface area contributed by atoms with Gasteiger partial charge in [0.2, 0.25) is 0 Å². The van der Waals surface area contributed by atoms with Gasteiger partial charge in [-0.2, -0.15) is 0 Å². The number of benzene rings is 2. The minimum atomic E-state index is -0.991. The molecule has 0 radical (unpaired) electrons. The van der Waals surface area contributed by atoms with Crippen molar-refractivity contribution in [2.75, 3.05) is 6.54 Å². The first-order chi connectivity index (χ1) is 17.9. The number of rotatable bonds is 7. The lowest BCUT2D eigenvalue weighted by molar-refractivity contribution is -0.146. The molecule has 188 valence electrons. The van der Waals surface area contributed by atoms with Crippen LogP contribution in [0, 0.1) is 12.3 Å². The molecule has 3 aromatic rings. The normalized spacial score (nSPS) is 24.0. The first-order valence-corrected chi connectivity index (χ1v) is 12.6. The van der Waals surface area contributed by atoms with E-state index < -0.39 is 29.0 Å². The second-order valence-corrected chi connectivity index (χ2v) is 10.2. The molecule has 0 spiro atoms. The van der Waals surface area contributed by atoms with Gasteiger partial charge in [0, 0.05) is 6.54 Å². The van der Waals surface area contributed by atoms with Crippen LogP contribution in [-0.2, 0) is 21.5 Å². The lowest BCUT2D eigenvalue weighted by atomic mass is 9.64. The number of aromatic nitrogens is 1. The van der Waals surface area contributed by atoms with Gasteiger partial charge in [0.05, 0.1) is 28.6 Å². The summed E-state index contributed by atoms with van der Waals surface area (Å²) in [6.45, 7) is 2.60. The predicted octanol–water partition coefficient (Wildman–Crippen LogP) is 5.82. The largest absolute Gasteiger partial charge is 0.481 e. The van der Waals surface area contributed by atoms with E-state index in [-0.39, 0.29) is 0 Å². The van der Waals surface area contributed by atoms with Crippen molar-refractivity contribution in [3.63, 3.8) is 0 Å². The van der Waals surface area contributed by atoms with E-state index in [0.717, 1.165) is 16.7 Å². The zero-order chi connectivity index (χ0) is 25.6. The zero-order valence-corrected chi connectivity index (χ0v) is 20.6. The Morgan fingerprint density at radius 3 is 2.43 bits per heavy atom. The molecule has 3 aliphatic rings. The van der Waals surface area contributed by atoms with Crippen molar-refractivity contribution in [2.45, 2.75) is 44.2 Å². The number of nitrogens with zero attached hydrogens (tertiary/aromatic N) is 2. The molecule has 1 amide bonds. The van der Waals surface area contributed by atoms with Crippen LogP contribution in [0.3, 0.4) is 0 Å². The highest BCUT2D eigenvalue weighted by Gasteiger charge is 2.67. The fourth-order valence-electron chi connectivity index (χ4n) is 5.87. The monoisotopic (exact) mass is 496 g/mol. The number of hydrogen-bond donors (Lipinski definition) is 1. The number of amides is 1. The Labute approximate surface area is 215 Å². The summed E-state index contributed by atoms with van der Waals surface area (Å²) in [5.74, 6) is -0.355. The molecule has 37 heavy (non-hydrogen) atoms. The van der Waals surface area contributed by atoms with Crippen LogP contribution in [0.4, 0.5) is 4.79 Å². The molecular weight excluding hydrogens is 468 g/mol. The van der Waals surface area contributed by atoms with Gasteiger partial charge in [-0.15, -0.1) is 0 Å². The lowest BCUT2D eigenvalue weighted by Gasteiger charge is -2.37. The van der Waals surface area contributed by atoms with Gasteiger partial charge in [0.25, 0.3) is 0 Å². The number of carbonyl (C=O) groups excluding carboxylic acids is 1. The van der Waals surface area contributed by atoms with E-state index in [1.165, 1.54) is 0 Å². The summed E-state index contributed by atoms with van der Waals surface area (Å²) in [5, 5.41) is 14.6. The lowest BCUT2D eigenvalue weighted by Crippen LogP contribution is -2.41. The smallest absolute Gasteiger partial charge is 0.410 e. The molecule has 1 N–H and O–H groups in total. The van der Waals surface area contributed by atoms with Gasteiger partial charge in [-0.25, -0.2) is 4.79 Å². The Bertz CT molecular complexity index is 1400. The van der Waals surface area contributed by atoms with E-state index in [4.69, 9.17) is 9.26 Å². The van der Waals surface area contributed by atoms with Crippen molar-refractivity contribution in [1.82, 2.24) is 10.1 Å². The van der Waals surface area contributed by atoms with Gasteiger partial charge in [0.15, 0.2) is 11.9 Å². The van der Waals surface area contributed by atoms with Gasteiger partial charge < -0.3 is 14.4 Å². The molecule has 2 aliphatic carbocycles. The van der Waals surface area contributed by atoms with Gasteiger partial charge >= 0.3 is 12.1 Å². The first-order valence-electron chi connectivity index (χ1n) is 12.6. The van der Waals surface area contributed by atoms with Crippen LogP contribution in [0.25, 0.3) is 5.57 Å². The number of hydrogen-bond acceptors (Lipinski definition) is 5. The molecule has 1 saturated heterocycles. The summed E-state index contributed by atoms with van der Waals surface area (Å²) in [7, 11) is 0. The van der Waals surface area contributed by atoms with E-state index in [2.05, 4.69) is 11.2 Å². The maximum atomic E-state index is 12.8. The second-order valence-electron chi connectivity index (χ2n) is 10.2. The van der Waals surface area contributed by atoms with Gasteiger partial charge in [-0.3, -0.25) is 9.69 Å². The van der Waals surface area contributed by atoms with Gasteiger partial charge in [-0.1, -0.05) is 84.0 Å². The molecule has 7 heteroatoms. The van der Waals surface area contributed by atoms with Crippen molar-refractivity contribution >= 4 is 17.6 Å². The van der Waals surface area contributed by atoms with Crippen molar-refractivity contribution in [2.24, 2.45) is 5.41 Å². The first kappa shape index (κ1) is 23.3. The number of cyclic esters (lactones) is 1. The molecule has 1 aromatic heterocycles. The van der Waals surface area contributed by atoms with E-state index >= 15 is 0 Å². The molecule has 2 fully saturated rings. The third-order valence-corrected chi connectivity index (χ3v) is 8.05. The van der Waals surface area contributed by atoms with Gasteiger partial charge in [0.1, 0.15) is 0 Å².